The van der Waals surface area contributed by atoms with Crippen molar-refractivity contribution in [3.63, 3.8) is 0 Å². The Hall–Kier alpha value is -1.97. The third-order valence-corrected chi connectivity index (χ3v) is 3.10. The van der Waals surface area contributed by atoms with Gasteiger partial charge in [0.25, 0.3) is 0 Å². The SMILES string of the molecule is CNc1nc(C(C)C)nc(-c2ccc(C)nc2)c1C. The second kappa shape index (κ2) is 5.34. The van der Waals surface area contributed by atoms with E-state index in [1.165, 1.54) is 0 Å². The van der Waals surface area contributed by atoms with E-state index in [-0.39, 0.29) is 0 Å². The molecule has 19 heavy (non-hydrogen) atoms. The summed E-state index contributed by atoms with van der Waals surface area (Å²) >= 11 is 0. The number of aromatic nitrogens is 3. The summed E-state index contributed by atoms with van der Waals surface area (Å²) in [4.78, 5) is 13.6. The molecule has 0 saturated carbocycles. The van der Waals surface area contributed by atoms with Gasteiger partial charge in [-0.25, -0.2) is 9.97 Å². The van der Waals surface area contributed by atoms with Crippen LogP contribution in [0.5, 0.6) is 0 Å². The van der Waals surface area contributed by atoms with Crippen molar-refractivity contribution in [1.29, 1.82) is 0 Å². The topological polar surface area (TPSA) is 50.7 Å². The predicted octanol–water partition coefficient (Wildman–Crippen LogP) is 3.32. The van der Waals surface area contributed by atoms with Crippen LogP contribution < -0.4 is 5.32 Å². The van der Waals surface area contributed by atoms with Crippen molar-refractivity contribution in [2.45, 2.75) is 33.6 Å². The summed E-state index contributed by atoms with van der Waals surface area (Å²) in [5.74, 6) is 2.03. The Labute approximate surface area is 114 Å². The molecule has 4 heteroatoms. The number of nitrogens with zero attached hydrogens (tertiary/aromatic N) is 3. The van der Waals surface area contributed by atoms with Gasteiger partial charge in [0.05, 0.1) is 5.69 Å². The molecular formula is C15H20N4. The Morgan fingerprint density at radius 3 is 2.37 bits per heavy atom. The van der Waals surface area contributed by atoms with Crippen LogP contribution in [0.1, 0.15) is 36.8 Å². The minimum absolute atomic E-state index is 0.296. The van der Waals surface area contributed by atoms with Crippen LogP contribution in [0.4, 0.5) is 5.82 Å². The molecule has 0 saturated heterocycles. The maximum absolute atomic E-state index is 4.69. The fraction of sp³-hybridized carbons (Fsp3) is 0.400. The standard InChI is InChI=1S/C15H20N4/c1-9(2)14-18-13(11(4)15(16-5)19-14)12-7-6-10(3)17-8-12/h6-9H,1-5H3,(H,16,18,19). The van der Waals surface area contributed by atoms with Crippen molar-refractivity contribution in [2.75, 3.05) is 12.4 Å². The Morgan fingerprint density at radius 2 is 1.84 bits per heavy atom. The lowest BCUT2D eigenvalue weighted by atomic mass is 10.1. The van der Waals surface area contributed by atoms with E-state index in [0.29, 0.717) is 5.92 Å². The van der Waals surface area contributed by atoms with Gasteiger partial charge in [-0.2, -0.15) is 0 Å². The molecule has 0 aromatic carbocycles. The smallest absolute Gasteiger partial charge is 0.133 e. The Morgan fingerprint density at radius 1 is 1.11 bits per heavy atom. The van der Waals surface area contributed by atoms with E-state index >= 15 is 0 Å². The first kappa shape index (κ1) is 13.5. The number of aryl methyl sites for hydroxylation is 1. The van der Waals surface area contributed by atoms with Gasteiger partial charge in [-0.1, -0.05) is 13.8 Å². The van der Waals surface area contributed by atoms with Gasteiger partial charge >= 0.3 is 0 Å². The van der Waals surface area contributed by atoms with Gasteiger partial charge in [-0.05, 0) is 26.0 Å². The van der Waals surface area contributed by atoms with Gasteiger partial charge in [0.15, 0.2) is 0 Å². The normalized spacial score (nSPS) is 10.8. The van der Waals surface area contributed by atoms with Crippen molar-refractivity contribution in [3.8, 4) is 11.3 Å². The van der Waals surface area contributed by atoms with Gasteiger partial charge in [0, 0.05) is 36.0 Å². The highest BCUT2D eigenvalue weighted by Gasteiger charge is 2.13. The average Bonchev–Trinajstić information content (AvgIpc) is 2.40. The third-order valence-electron chi connectivity index (χ3n) is 3.10. The molecule has 0 aliphatic rings. The summed E-state index contributed by atoms with van der Waals surface area (Å²) < 4.78 is 0. The van der Waals surface area contributed by atoms with Crippen molar-refractivity contribution >= 4 is 5.82 Å². The molecule has 0 aliphatic carbocycles. The number of nitrogens with one attached hydrogen (secondary N) is 1. The van der Waals surface area contributed by atoms with Crippen LogP contribution in [0.2, 0.25) is 0 Å². The van der Waals surface area contributed by atoms with E-state index in [1.807, 2.05) is 33.2 Å². The summed E-state index contributed by atoms with van der Waals surface area (Å²) in [6.45, 7) is 8.21. The molecule has 0 spiro atoms. The molecular weight excluding hydrogens is 236 g/mol. The Bertz CT molecular complexity index is 573. The third kappa shape index (κ3) is 2.72. The summed E-state index contributed by atoms with van der Waals surface area (Å²) in [5.41, 5.74) is 4.05. The maximum Gasteiger partial charge on any atom is 0.133 e. The quantitative estimate of drug-likeness (QED) is 0.915. The maximum atomic E-state index is 4.69. The Balaban J connectivity index is 2.61. The van der Waals surface area contributed by atoms with E-state index in [0.717, 1.165) is 34.2 Å². The van der Waals surface area contributed by atoms with E-state index in [9.17, 15) is 0 Å². The van der Waals surface area contributed by atoms with Crippen LogP contribution in [0.15, 0.2) is 18.3 Å². The summed E-state index contributed by atoms with van der Waals surface area (Å²) in [7, 11) is 1.89. The molecule has 2 heterocycles. The van der Waals surface area contributed by atoms with Crippen LogP contribution in [-0.2, 0) is 0 Å². The van der Waals surface area contributed by atoms with Gasteiger partial charge in [0.2, 0.25) is 0 Å². The molecule has 2 aromatic heterocycles. The summed E-state index contributed by atoms with van der Waals surface area (Å²) in [5, 5.41) is 3.14. The lowest BCUT2D eigenvalue weighted by molar-refractivity contribution is 0.775. The van der Waals surface area contributed by atoms with Crippen LogP contribution in [0.3, 0.4) is 0 Å². The zero-order valence-corrected chi connectivity index (χ0v) is 12.2. The molecule has 0 fully saturated rings. The van der Waals surface area contributed by atoms with E-state index in [2.05, 4.69) is 40.2 Å². The highest BCUT2D eigenvalue weighted by atomic mass is 15.0. The molecule has 0 radical (unpaired) electrons. The summed E-state index contributed by atoms with van der Waals surface area (Å²) in [6.07, 6.45) is 1.87. The molecule has 0 bridgehead atoms. The van der Waals surface area contributed by atoms with E-state index in [1.54, 1.807) is 0 Å². The van der Waals surface area contributed by atoms with Gasteiger partial charge in [-0.15, -0.1) is 0 Å². The largest absolute Gasteiger partial charge is 0.373 e. The number of hydrogen-bond donors (Lipinski definition) is 1. The average molecular weight is 256 g/mol. The molecule has 0 aliphatic heterocycles. The molecule has 0 unspecified atom stereocenters. The molecule has 100 valence electrons. The van der Waals surface area contributed by atoms with Crippen LogP contribution >= 0.6 is 0 Å². The van der Waals surface area contributed by atoms with E-state index in [4.69, 9.17) is 0 Å². The van der Waals surface area contributed by atoms with Crippen molar-refractivity contribution < 1.29 is 0 Å². The minimum atomic E-state index is 0.296. The summed E-state index contributed by atoms with van der Waals surface area (Å²) in [6, 6.07) is 4.06. The molecule has 1 N–H and O–H groups in total. The van der Waals surface area contributed by atoms with E-state index < -0.39 is 0 Å². The minimum Gasteiger partial charge on any atom is -0.373 e. The first-order valence-electron chi connectivity index (χ1n) is 6.52. The van der Waals surface area contributed by atoms with Crippen molar-refractivity contribution in [3.05, 3.63) is 35.4 Å². The molecule has 0 atom stereocenters. The first-order valence-corrected chi connectivity index (χ1v) is 6.52. The van der Waals surface area contributed by atoms with Crippen LogP contribution in [0.25, 0.3) is 11.3 Å². The van der Waals surface area contributed by atoms with Crippen molar-refractivity contribution in [2.24, 2.45) is 0 Å². The second-order valence-corrected chi connectivity index (χ2v) is 5.00. The number of rotatable bonds is 3. The zero-order chi connectivity index (χ0) is 14.0. The molecule has 0 amide bonds. The lowest BCUT2D eigenvalue weighted by Crippen LogP contribution is -2.06. The van der Waals surface area contributed by atoms with Crippen molar-refractivity contribution in [1.82, 2.24) is 15.0 Å². The molecule has 2 aromatic rings. The zero-order valence-electron chi connectivity index (χ0n) is 12.2. The highest BCUT2D eigenvalue weighted by molar-refractivity contribution is 5.67. The highest BCUT2D eigenvalue weighted by Crippen LogP contribution is 2.27. The first-order chi connectivity index (χ1) is 9.02. The monoisotopic (exact) mass is 256 g/mol. The Kier molecular flexibility index (Phi) is 3.79. The lowest BCUT2D eigenvalue weighted by Gasteiger charge is -2.14. The van der Waals surface area contributed by atoms with Gasteiger partial charge in [-0.3, -0.25) is 4.98 Å². The van der Waals surface area contributed by atoms with Gasteiger partial charge in [0.1, 0.15) is 11.6 Å². The van der Waals surface area contributed by atoms with Crippen LogP contribution in [-0.4, -0.2) is 22.0 Å². The van der Waals surface area contributed by atoms with Crippen LogP contribution in [0, 0.1) is 13.8 Å². The second-order valence-electron chi connectivity index (χ2n) is 5.00. The predicted molar refractivity (Wildman–Crippen MR) is 78.4 cm³/mol. The fourth-order valence-corrected chi connectivity index (χ4v) is 1.92. The number of anilines is 1. The van der Waals surface area contributed by atoms with Gasteiger partial charge < -0.3 is 5.32 Å². The molecule has 4 nitrogen and oxygen atoms in total. The number of hydrogen-bond acceptors (Lipinski definition) is 4. The molecule has 2 rings (SSSR count). The fourth-order valence-electron chi connectivity index (χ4n) is 1.92. The number of pyridine rings is 1.